The van der Waals surface area contributed by atoms with Crippen molar-refractivity contribution in [2.45, 2.75) is 13.5 Å². The fraction of sp³-hybridized carbons (Fsp3) is 0.125. The van der Waals surface area contributed by atoms with Crippen molar-refractivity contribution >= 4 is 39.9 Å². The summed E-state index contributed by atoms with van der Waals surface area (Å²) in [6.07, 6.45) is 0. The summed E-state index contributed by atoms with van der Waals surface area (Å²) in [5.74, 6) is -0.504. The summed E-state index contributed by atoms with van der Waals surface area (Å²) in [5.41, 5.74) is 1.76. The quantitative estimate of drug-likeness (QED) is 0.378. The van der Waals surface area contributed by atoms with Crippen LogP contribution in [0.15, 0.2) is 71.5 Å². The molecule has 0 saturated heterocycles. The number of carbonyl (C=O) groups is 1. The maximum absolute atomic E-state index is 13.5. The molecular formula is C24H19Cl2N3O3. The number of halogens is 2. The molecule has 0 unspecified atom stereocenters. The van der Waals surface area contributed by atoms with E-state index in [0.717, 1.165) is 10.6 Å². The standard InChI is InChI=1S/C24H19Cl2N3O3/c1-15-11-12-17(13-21(15)26)29-23(30)19-9-5-4-8-18(19)22(27-29)24(31)28(32-2)14-16-7-3-6-10-20(16)25/h3-13H,14H2,1-2H3. The van der Waals surface area contributed by atoms with Crippen LogP contribution < -0.4 is 5.56 Å². The maximum Gasteiger partial charge on any atom is 0.298 e. The zero-order valence-corrected chi connectivity index (χ0v) is 18.9. The third kappa shape index (κ3) is 4.12. The lowest BCUT2D eigenvalue weighted by Gasteiger charge is -2.21. The number of nitrogens with zero attached hydrogens (tertiary/aromatic N) is 3. The number of aryl methyl sites for hydroxylation is 1. The number of rotatable bonds is 5. The van der Waals surface area contributed by atoms with Crippen LogP contribution in [0.3, 0.4) is 0 Å². The molecule has 0 aliphatic heterocycles. The molecule has 0 atom stereocenters. The normalized spacial score (nSPS) is 11.0. The average molecular weight is 468 g/mol. The summed E-state index contributed by atoms with van der Waals surface area (Å²) < 4.78 is 1.18. The third-order valence-corrected chi connectivity index (χ3v) is 5.90. The first-order valence-corrected chi connectivity index (χ1v) is 10.5. The number of aromatic nitrogens is 2. The highest BCUT2D eigenvalue weighted by molar-refractivity contribution is 6.31. The molecular weight excluding hydrogens is 449 g/mol. The van der Waals surface area contributed by atoms with Gasteiger partial charge in [0.15, 0.2) is 5.69 Å². The highest BCUT2D eigenvalue weighted by Gasteiger charge is 2.24. The van der Waals surface area contributed by atoms with E-state index in [1.54, 1.807) is 48.5 Å². The zero-order valence-electron chi connectivity index (χ0n) is 17.4. The van der Waals surface area contributed by atoms with Gasteiger partial charge in [-0.05, 0) is 42.3 Å². The number of fused-ring (bicyclic) bond motifs is 1. The Kier molecular flexibility index (Phi) is 6.28. The highest BCUT2D eigenvalue weighted by atomic mass is 35.5. The predicted molar refractivity (Wildman–Crippen MR) is 125 cm³/mol. The van der Waals surface area contributed by atoms with E-state index in [0.29, 0.717) is 32.1 Å². The molecule has 0 aliphatic carbocycles. The van der Waals surface area contributed by atoms with Crippen molar-refractivity contribution in [1.82, 2.24) is 14.8 Å². The van der Waals surface area contributed by atoms with Crippen molar-refractivity contribution in [2.24, 2.45) is 0 Å². The Morgan fingerprint density at radius 2 is 1.69 bits per heavy atom. The van der Waals surface area contributed by atoms with E-state index in [4.69, 9.17) is 28.0 Å². The minimum absolute atomic E-state index is 0.0748. The van der Waals surface area contributed by atoms with Gasteiger partial charge in [-0.15, -0.1) is 0 Å². The Labute approximate surface area is 194 Å². The van der Waals surface area contributed by atoms with Crippen LogP contribution >= 0.6 is 23.2 Å². The summed E-state index contributed by atoms with van der Waals surface area (Å²) >= 11 is 12.5. The SMILES string of the molecule is CON(Cc1ccccc1Cl)C(=O)c1nn(-c2ccc(C)c(Cl)c2)c(=O)c2ccccc12. The smallest absolute Gasteiger partial charge is 0.274 e. The van der Waals surface area contributed by atoms with Crippen LogP contribution in [0.4, 0.5) is 0 Å². The Balaban J connectivity index is 1.86. The van der Waals surface area contributed by atoms with Gasteiger partial charge in [-0.2, -0.15) is 9.78 Å². The second kappa shape index (κ2) is 9.12. The molecule has 4 aromatic rings. The lowest BCUT2D eigenvalue weighted by molar-refractivity contribution is -0.102. The molecule has 3 aromatic carbocycles. The molecule has 1 aromatic heterocycles. The van der Waals surface area contributed by atoms with Crippen molar-refractivity contribution < 1.29 is 9.63 Å². The average Bonchev–Trinajstić information content (AvgIpc) is 2.80. The highest BCUT2D eigenvalue weighted by Crippen LogP contribution is 2.22. The topological polar surface area (TPSA) is 64.4 Å². The minimum Gasteiger partial charge on any atom is -0.274 e. The van der Waals surface area contributed by atoms with E-state index in [9.17, 15) is 9.59 Å². The summed E-state index contributed by atoms with van der Waals surface area (Å²) in [7, 11) is 1.40. The maximum atomic E-state index is 13.5. The number of benzene rings is 3. The number of hydrogen-bond acceptors (Lipinski definition) is 4. The van der Waals surface area contributed by atoms with Crippen molar-refractivity contribution in [3.63, 3.8) is 0 Å². The summed E-state index contributed by atoms with van der Waals surface area (Å²) in [4.78, 5) is 32.0. The summed E-state index contributed by atoms with van der Waals surface area (Å²) in [6.45, 7) is 1.98. The first-order chi connectivity index (χ1) is 15.4. The van der Waals surface area contributed by atoms with Crippen LogP contribution in [0.5, 0.6) is 0 Å². The Hall–Kier alpha value is -3.19. The lowest BCUT2D eigenvalue weighted by Crippen LogP contribution is -2.33. The van der Waals surface area contributed by atoms with Crippen LogP contribution in [0.1, 0.15) is 21.6 Å². The van der Waals surface area contributed by atoms with Gasteiger partial charge in [0.2, 0.25) is 0 Å². The van der Waals surface area contributed by atoms with E-state index in [-0.39, 0.29) is 17.8 Å². The first-order valence-electron chi connectivity index (χ1n) is 9.78. The number of hydroxylamine groups is 2. The molecule has 162 valence electrons. The van der Waals surface area contributed by atoms with Crippen molar-refractivity contribution in [1.29, 1.82) is 0 Å². The fourth-order valence-corrected chi connectivity index (χ4v) is 3.72. The van der Waals surface area contributed by atoms with Crippen LogP contribution in [-0.2, 0) is 11.4 Å². The Bertz CT molecular complexity index is 1380. The van der Waals surface area contributed by atoms with Gasteiger partial charge in [0.1, 0.15) is 0 Å². The van der Waals surface area contributed by atoms with Gasteiger partial charge < -0.3 is 0 Å². The molecule has 32 heavy (non-hydrogen) atoms. The molecule has 0 spiro atoms. The van der Waals surface area contributed by atoms with Crippen LogP contribution in [0.25, 0.3) is 16.5 Å². The third-order valence-electron chi connectivity index (χ3n) is 5.13. The van der Waals surface area contributed by atoms with Gasteiger partial charge in [-0.1, -0.05) is 65.7 Å². The van der Waals surface area contributed by atoms with Crippen molar-refractivity contribution in [3.8, 4) is 5.69 Å². The van der Waals surface area contributed by atoms with E-state index < -0.39 is 5.91 Å². The Morgan fingerprint density at radius 1 is 1.00 bits per heavy atom. The van der Waals surface area contributed by atoms with Crippen molar-refractivity contribution in [2.75, 3.05) is 7.11 Å². The molecule has 0 radical (unpaired) electrons. The van der Waals surface area contributed by atoms with Gasteiger partial charge >= 0.3 is 0 Å². The summed E-state index contributed by atoms with van der Waals surface area (Å²) in [5, 5.41) is 7.37. The fourth-order valence-electron chi connectivity index (χ4n) is 3.35. The number of hydrogen-bond donors (Lipinski definition) is 0. The van der Waals surface area contributed by atoms with Crippen LogP contribution in [0, 0.1) is 6.92 Å². The van der Waals surface area contributed by atoms with Gasteiger partial charge in [0.25, 0.3) is 11.5 Å². The van der Waals surface area contributed by atoms with E-state index in [1.165, 1.54) is 11.8 Å². The van der Waals surface area contributed by atoms with Gasteiger partial charge in [-0.3, -0.25) is 14.4 Å². The second-order valence-corrected chi connectivity index (χ2v) is 7.97. The molecule has 0 saturated carbocycles. The molecule has 6 nitrogen and oxygen atoms in total. The molecule has 0 aliphatic rings. The van der Waals surface area contributed by atoms with Gasteiger partial charge in [-0.25, -0.2) is 5.06 Å². The molecule has 8 heteroatoms. The van der Waals surface area contributed by atoms with Gasteiger partial charge in [0, 0.05) is 15.4 Å². The lowest BCUT2D eigenvalue weighted by atomic mass is 10.1. The zero-order chi connectivity index (χ0) is 22.8. The van der Waals surface area contributed by atoms with Crippen LogP contribution in [-0.4, -0.2) is 27.9 Å². The summed E-state index contributed by atoms with van der Waals surface area (Å²) in [6, 6.07) is 19.2. The molecule has 1 heterocycles. The molecule has 4 rings (SSSR count). The van der Waals surface area contributed by atoms with E-state index in [1.807, 2.05) is 25.1 Å². The molecule has 0 bridgehead atoms. The molecule has 0 N–H and O–H groups in total. The monoisotopic (exact) mass is 467 g/mol. The largest absolute Gasteiger partial charge is 0.298 e. The second-order valence-electron chi connectivity index (χ2n) is 7.16. The van der Waals surface area contributed by atoms with E-state index in [2.05, 4.69) is 5.10 Å². The number of carbonyl (C=O) groups excluding carboxylic acids is 1. The van der Waals surface area contributed by atoms with E-state index >= 15 is 0 Å². The molecule has 0 fully saturated rings. The first kappa shape index (κ1) is 22.0. The minimum atomic E-state index is -0.504. The Morgan fingerprint density at radius 3 is 2.38 bits per heavy atom. The van der Waals surface area contributed by atoms with Crippen LogP contribution in [0.2, 0.25) is 10.0 Å². The van der Waals surface area contributed by atoms with Crippen molar-refractivity contribution in [3.05, 3.63) is 104 Å². The predicted octanol–water partition coefficient (Wildman–Crippen LogP) is 5.20. The number of amides is 1. The molecule has 1 amide bonds. The van der Waals surface area contributed by atoms with Gasteiger partial charge in [0.05, 0.1) is 24.7 Å².